The first-order chi connectivity index (χ1) is 13.4. The third kappa shape index (κ3) is 3.07. The highest BCUT2D eigenvalue weighted by Crippen LogP contribution is 2.20. The SMILES string of the molecule is Cn1ncc(C(=O)O)c1C(=O)Nc1ccn2cc(-c3cccc(F)c3)nc2n1. The molecule has 9 nitrogen and oxygen atoms in total. The second-order valence-corrected chi connectivity index (χ2v) is 5.95. The number of carboxylic acids is 1. The Labute approximate surface area is 157 Å². The third-order valence-corrected chi connectivity index (χ3v) is 4.07. The topological polar surface area (TPSA) is 114 Å². The number of imidazole rings is 1. The van der Waals surface area contributed by atoms with E-state index in [1.54, 1.807) is 35.0 Å². The highest BCUT2D eigenvalue weighted by atomic mass is 19.1. The van der Waals surface area contributed by atoms with Crippen LogP contribution in [0.1, 0.15) is 20.8 Å². The van der Waals surface area contributed by atoms with Crippen LogP contribution in [0.2, 0.25) is 0 Å². The van der Waals surface area contributed by atoms with E-state index in [1.807, 2.05) is 0 Å². The van der Waals surface area contributed by atoms with Crippen molar-refractivity contribution in [2.24, 2.45) is 7.05 Å². The molecule has 0 bridgehead atoms. The van der Waals surface area contributed by atoms with Gasteiger partial charge >= 0.3 is 5.97 Å². The monoisotopic (exact) mass is 380 g/mol. The summed E-state index contributed by atoms with van der Waals surface area (Å²) in [5, 5.41) is 15.5. The molecule has 0 fully saturated rings. The maximum absolute atomic E-state index is 13.4. The maximum atomic E-state index is 13.4. The quantitative estimate of drug-likeness (QED) is 0.561. The zero-order valence-electron chi connectivity index (χ0n) is 14.5. The molecule has 140 valence electrons. The summed E-state index contributed by atoms with van der Waals surface area (Å²) in [4.78, 5) is 32.3. The number of rotatable bonds is 4. The number of nitrogens with zero attached hydrogens (tertiary/aromatic N) is 5. The van der Waals surface area contributed by atoms with Crippen LogP contribution in [0, 0.1) is 5.82 Å². The number of benzene rings is 1. The molecule has 28 heavy (non-hydrogen) atoms. The van der Waals surface area contributed by atoms with Crippen molar-refractivity contribution in [3.8, 4) is 11.3 Å². The summed E-state index contributed by atoms with van der Waals surface area (Å²) in [5.41, 5.74) is 0.806. The average Bonchev–Trinajstić information content (AvgIpc) is 3.25. The molecule has 2 N–H and O–H groups in total. The summed E-state index contributed by atoms with van der Waals surface area (Å²) < 4.78 is 16.2. The zero-order valence-corrected chi connectivity index (χ0v) is 14.5. The van der Waals surface area contributed by atoms with Gasteiger partial charge in [-0.25, -0.2) is 14.2 Å². The first-order valence-corrected chi connectivity index (χ1v) is 8.11. The number of aromatic carboxylic acids is 1. The van der Waals surface area contributed by atoms with Gasteiger partial charge < -0.3 is 10.4 Å². The Morgan fingerprint density at radius 3 is 2.79 bits per heavy atom. The van der Waals surface area contributed by atoms with Gasteiger partial charge in [-0.1, -0.05) is 12.1 Å². The first kappa shape index (κ1) is 17.3. The number of carbonyl (C=O) groups is 2. The minimum Gasteiger partial charge on any atom is -0.478 e. The molecule has 1 aromatic carbocycles. The van der Waals surface area contributed by atoms with Gasteiger partial charge in [0.1, 0.15) is 22.9 Å². The number of nitrogens with one attached hydrogen (secondary N) is 1. The number of aryl methyl sites for hydroxylation is 1. The van der Waals surface area contributed by atoms with Gasteiger partial charge in [0.25, 0.3) is 5.91 Å². The second-order valence-electron chi connectivity index (χ2n) is 5.95. The van der Waals surface area contributed by atoms with Crippen molar-refractivity contribution in [1.29, 1.82) is 0 Å². The summed E-state index contributed by atoms with van der Waals surface area (Å²) in [6, 6.07) is 7.55. The number of hydrogen-bond donors (Lipinski definition) is 2. The van der Waals surface area contributed by atoms with Crippen molar-refractivity contribution in [2.45, 2.75) is 0 Å². The minimum atomic E-state index is -1.25. The van der Waals surface area contributed by atoms with Crippen LogP contribution in [0.15, 0.2) is 48.9 Å². The van der Waals surface area contributed by atoms with E-state index in [1.165, 1.54) is 23.9 Å². The van der Waals surface area contributed by atoms with Crippen LogP contribution >= 0.6 is 0 Å². The molecule has 0 spiro atoms. The van der Waals surface area contributed by atoms with Crippen molar-refractivity contribution < 1.29 is 19.1 Å². The van der Waals surface area contributed by atoms with E-state index >= 15 is 0 Å². The molecule has 0 atom stereocenters. The van der Waals surface area contributed by atoms with Crippen LogP contribution in [0.25, 0.3) is 17.0 Å². The number of anilines is 1. The van der Waals surface area contributed by atoms with Crippen LogP contribution in [0.5, 0.6) is 0 Å². The van der Waals surface area contributed by atoms with Crippen molar-refractivity contribution in [3.05, 3.63) is 66.0 Å². The predicted octanol–water partition coefficient (Wildman–Crippen LogP) is 2.22. The molecule has 0 aliphatic heterocycles. The molecule has 4 rings (SSSR count). The second kappa shape index (κ2) is 6.58. The molecule has 3 aromatic heterocycles. The average molecular weight is 380 g/mol. The Hall–Kier alpha value is -4.08. The molecule has 0 radical (unpaired) electrons. The van der Waals surface area contributed by atoms with E-state index in [-0.39, 0.29) is 22.9 Å². The number of aromatic nitrogens is 5. The number of carboxylic acid groups (broad SMARTS) is 1. The summed E-state index contributed by atoms with van der Waals surface area (Å²) in [6.45, 7) is 0. The van der Waals surface area contributed by atoms with Crippen molar-refractivity contribution >= 4 is 23.5 Å². The highest BCUT2D eigenvalue weighted by Gasteiger charge is 2.22. The van der Waals surface area contributed by atoms with E-state index < -0.39 is 11.9 Å². The van der Waals surface area contributed by atoms with E-state index in [0.29, 0.717) is 17.0 Å². The predicted molar refractivity (Wildman–Crippen MR) is 96.5 cm³/mol. The lowest BCUT2D eigenvalue weighted by atomic mass is 10.2. The van der Waals surface area contributed by atoms with E-state index in [9.17, 15) is 19.1 Å². The molecule has 4 aromatic rings. The van der Waals surface area contributed by atoms with Crippen LogP contribution in [-0.4, -0.2) is 41.1 Å². The number of amides is 1. The fourth-order valence-electron chi connectivity index (χ4n) is 2.77. The van der Waals surface area contributed by atoms with Crippen LogP contribution < -0.4 is 5.32 Å². The Bertz CT molecular complexity index is 1230. The normalized spacial score (nSPS) is 10.9. The van der Waals surface area contributed by atoms with E-state index in [0.717, 1.165) is 6.20 Å². The summed E-state index contributed by atoms with van der Waals surface area (Å²) in [6.07, 6.45) is 4.43. The highest BCUT2D eigenvalue weighted by molar-refractivity contribution is 6.09. The van der Waals surface area contributed by atoms with Crippen LogP contribution in [0.4, 0.5) is 10.2 Å². The van der Waals surface area contributed by atoms with Gasteiger partial charge in [-0.2, -0.15) is 10.1 Å². The fraction of sp³-hybridized carbons (Fsp3) is 0.0556. The van der Waals surface area contributed by atoms with Crippen LogP contribution in [-0.2, 0) is 7.05 Å². The van der Waals surface area contributed by atoms with Crippen molar-refractivity contribution in [3.63, 3.8) is 0 Å². The van der Waals surface area contributed by atoms with Crippen LogP contribution in [0.3, 0.4) is 0 Å². The Morgan fingerprint density at radius 2 is 2.04 bits per heavy atom. The number of fused-ring (bicyclic) bond motifs is 1. The van der Waals surface area contributed by atoms with E-state index in [4.69, 9.17) is 0 Å². The third-order valence-electron chi connectivity index (χ3n) is 4.07. The number of carbonyl (C=O) groups excluding carboxylic acids is 1. The molecule has 0 aliphatic rings. The van der Waals surface area contributed by atoms with Crippen molar-refractivity contribution in [1.82, 2.24) is 24.1 Å². The molecule has 10 heteroatoms. The van der Waals surface area contributed by atoms with Gasteiger partial charge in [0, 0.05) is 25.0 Å². The van der Waals surface area contributed by atoms with Gasteiger partial charge in [0.2, 0.25) is 5.78 Å². The van der Waals surface area contributed by atoms with E-state index in [2.05, 4.69) is 20.4 Å². The molecule has 0 saturated carbocycles. The molecule has 0 unspecified atom stereocenters. The lowest BCUT2D eigenvalue weighted by Gasteiger charge is -2.06. The number of halogens is 1. The van der Waals surface area contributed by atoms with Gasteiger partial charge in [0.15, 0.2) is 0 Å². The first-order valence-electron chi connectivity index (χ1n) is 8.11. The minimum absolute atomic E-state index is 0.0991. The van der Waals surface area contributed by atoms with Gasteiger partial charge in [-0.15, -0.1) is 0 Å². The van der Waals surface area contributed by atoms with Gasteiger partial charge in [0.05, 0.1) is 11.9 Å². The molecule has 0 saturated heterocycles. The standard InChI is InChI=1S/C18H13FN6O3/c1-24-15(12(8-20-24)17(27)28)16(26)22-14-5-6-25-9-13(21-18(25)23-14)10-3-2-4-11(19)7-10/h2-9H,1H3,(H,27,28)(H,21,22,23,26). The number of hydrogen-bond acceptors (Lipinski definition) is 5. The summed E-state index contributed by atoms with van der Waals surface area (Å²) in [5.74, 6) is -1.81. The Kier molecular flexibility index (Phi) is 4.07. The molecule has 1 amide bonds. The fourth-order valence-corrected chi connectivity index (χ4v) is 2.77. The lowest BCUT2D eigenvalue weighted by molar-refractivity contribution is 0.0692. The molecular formula is C18H13FN6O3. The zero-order chi connectivity index (χ0) is 19.8. The summed E-state index contributed by atoms with van der Waals surface area (Å²) >= 11 is 0. The largest absolute Gasteiger partial charge is 0.478 e. The summed E-state index contributed by atoms with van der Waals surface area (Å²) in [7, 11) is 1.47. The van der Waals surface area contributed by atoms with Crippen molar-refractivity contribution in [2.75, 3.05) is 5.32 Å². The Balaban J connectivity index is 1.64. The Morgan fingerprint density at radius 1 is 1.21 bits per heavy atom. The maximum Gasteiger partial charge on any atom is 0.339 e. The smallest absolute Gasteiger partial charge is 0.339 e. The lowest BCUT2D eigenvalue weighted by Crippen LogP contribution is -2.20. The van der Waals surface area contributed by atoms with Gasteiger partial charge in [-0.05, 0) is 18.2 Å². The molecular weight excluding hydrogens is 367 g/mol. The van der Waals surface area contributed by atoms with Gasteiger partial charge in [-0.3, -0.25) is 13.9 Å². The molecule has 3 heterocycles. The molecule has 0 aliphatic carbocycles.